The Morgan fingerprint density at radius 2 is 1.82 bits per heavy atom. The van der Waals surface area contributed by atoms with E-state index in [1.807, 2.05) is 0 Å². The SMILES string of the molecule is Cl.O=C(O)c1ccc(-c2ccncc2)[nH]c1=O. The van der Waals surface area contributed by atoms with Crippen molar-refractivity contribution in [1.82, 2.24) is 9.97 Å². The minimum Gasteiger partial charge on any atom is -0.477 e. The molecule has 0 fully saturated rings. The summed E-state index contributed by atoms with van der Waals surface area (Å²) in [7, 11) is 0. The van der Waals surface area contributed by atoms with Gasteiger partial charge >= 0.3 is 5.97 Å². The van der Waals surface area contributed by atoms with Gasteiger partial charge < -0.3 is 10.1 Å². The first-order chi connectivity index (χ1) is 7.68. The van der Waals surface area contributed by atoms with Crippen molar-refractivity contribution in [2.75, 3.05) is 0 Å². The van der Waals surface area contributed by atoms with Gasteiger partial charge in [-0.1, -0.05) is 0 Å². The van der Waals surface area contributed by atoms with Gasteiger partial charge in [-0.15, -0.1) is 12.4 Å². The highest BCUT2D eigenvalue weighted by molar-refractivity contribution is 5.87. The summed E-state index contributed by atoms with van der Waals surface area (Å²) in [6, 6.07) is 6.30. The van der Waals surface area contributed by atoms with E-state index in [-0.39, 0.29) is 18.0 Å². The quantitative estimate of drug-likeness (QED) is 0.850. The van der Waals surface area contributed by atoms with E-state index in [9.17, 15) is 9.59 Å². The first kappa shape index (κ1) is 12.9. The third-order valence-electron chi connectivity index (χ3n) is 2.13. The van der Waals surface area contributed by atoms with Gasteiger partial charge in [-0.3, -0.25) is 9.78 Å². The van der Waals surface area contributed by atoms with E-state index in [0.29, 0.717) is 5.69 Å². The van der Waals surface area contributed by atoms with Crippen LogP contribution in [-0.2, 0) is 0 Å². The van der Waals surface area contributed by atoms with Gasteiger partial charge in [-0.25, -0.2) is 4.79 Å². The normalized spacial score (nSPS) is 9.41. The molecular weight excluding hydrogens is 244 g/mol. The Morgan fingerprint density at radius 1 is 1.18 bits per heavy atom. The molecule has 17 heavy (non-hydrogen) atoms. The standard InChI is InChI=1S/C11H8N2O3.ClH/c14-10-8(11(15)16)1-2-9(13-10)7-3-5-12-6-4-7;/h1-6H,(H,13,14)(H,15,16);1H. The second-order valence-electron chi connectivity index (χ2n) is 3.16. The molecular formula is C11H9ClN2O3. The maximum atomic E-state index is 11.4. The largest absolute Gasteiger partial charge is 0.477 e. The Morgan fingerprint density at radius 3 is 2.35 bits per heavy atom. The molecule has 2 rings (SSSR count). The Balaban J connectivity index is 0.00000144. The van der Waals surface area contributed by atoms with Crippen molar-refractivity contribution < 1.29 is 9.90 Å². The zero-order chi connectivity index (χ0) is 11.5. The van der Waals surface area contributed by atoms with E-state index in [4.69, 9.17) is 5.11 Å². The molecule has 0 unspecified atom stereocenters. The number of aromatic carboxylic acids is 1. The number of nitrogens with one attached hydrogen (secondary N) is 1. The van der Waals surface area contributed by atoms with Gasteiger partial charge in [0, 0.05) is 23.7 Å². The lowest BCUT2D eigenvalue weighted by Gasteiger charge is -2.01. The van der Waals surface area contributed by atoms with Crippen LogP contribution < -0.4 is 5.56 Å². The summed E-state index contributed by atoms with van der Waals surface area (Å²) >= 11 is 0. The molecule has 88 valence electrons. The number of aromatic nitrogens is 2. The lowest BCUT2D eigenvalue weighted by Crippen LogP contribution is -2.17. The Bertz CT molecular complexity index is 581. The summed E-state index contributed by atoms with van der Waals surface area (Å²) < 4.78 is 0. The molecule has 2 N–H and O–H groups in total. The number of hydrogen-bond acceptors (Lipinski definition) is 3. The van der Waals surface area contributed by atoms with Crippen LogP contribution in [0.5, 0.6) is 0 Å². The molecule has 0 aliphatic carbocycles. The Kier molecular flexibility index (Phi) is 4.01. The molecule has 5 nitrogen and oxygen atoms in total. The van der Waals surface area contributed by atoms with Gasteiger partial charge in [0.25, 0.3) is 5.56 Å². The van der Waals surface area contributed by atoms with E-state index in [1.165, 1.54) is 6.07 Å². The molecule has 0 aliphatic heterocycles. The third-order valence-corrected chi connectivity index (χ3v) is 2.13. The highest BCUT2D eigenvalue weighted by atomic mass is 35.5. The smallest absolute Gasteiger partial charge is 0.341 e. The predicted octanol–water partition coefficient (Wildman–Crippen LogP) is 1.56. The monoisotopic (exact) mass is 252 g/mol. The van der Waals surface area contributed by atoms with Crippen LogP contribution in [0.4, 0.5) is 0 Å². The molecule has 0 saturated heterocycles. The number of H-pyrrole nitrogens is 1. The molecule has 0 amide bonds. The number of aromatic amines is 1. The maximum absolute atomic E-state index is 11.4. The molecule has 0 bridgehead atoms. The predicted molar refractivity (Wildman–Crippen MR) is 64.5 cm³/mol. The summed E-state index contributed by atoms with van der Waals surface area (Å²) in [5.41, 5.74) is 0.473. The highest BCUT2D eigenvalue weighted by Gasteiger charge is 2.08. The van der Waals surface area contributed by atoms with Gasteiger partial charge in [-0.05, 0) is 24.3 Å². The number of halogens is 1. The van der Waals surface area contributed by atoms with Gasteiger partial charge in [0.15, 0.2) is 0 Å². The third kappa shape index (κ3) is 2.70. The number of carboxylic acid groups (broad SMARTS) is 1. The van der Waals surface area contributed by atoms with Crippen molar-refractivity contribution in [3.05, 3.63) is 52.6 Å². The summed E-state index contributed by atoms with van der Waals surface area (Å²) in [4.78, 5) is 28.4. The van der Waals surface area contributed by atoms with Gasteiger partial charge in [0.05, 0.1) is 0 Å². The average Bonchev–Trinajstić information content (AvgIpc) is 2.29. The van der Waals surface area contributed by atoms with Crippen LogP contribution in [0.15, 0.2) is 41.5 Å². The second kappa shape index (κ2) is 5.27. The first-order valence-corrected chi connectivity index (χ1v) is 4.55. The minimum absolute atomic E-state index is 0. The van der Waals surface area contributed by atoms with Crippen LogP contribution in [0.1, 0.15) is 10.4 Å². The van der Waals surface area contributed by atoms with Crippen LogP contribution in [-0.4, -0.2) is 21.0 Å². The van der Waals surface area contributed by atoms with Crippen LogP contribution >= 0.6 is 12.4 Å². The second-order valence-corrected chi connectivity index (χ2v) is 3.16. The van der Waals surface area contributed by atoms with Crippen LogP contribution in [0, 0.1) is 0 Å². The fourth-order valence-electron chi connectivity index (χ4n) is 1.34. The minimum atomic E-state index is -1.23. The Labute approximate surface area is 103 Å². The zero-order valence-corrected chi connectivity index (χ0v) is 9.40. The number of pyridine rings is 2. The first-order valence-electron chi connectivity index (χ1n) is 4.55. The molecule has 0 atom stereocenters. The lowest BCUT2D eigenvalue weighted by atomic mass is 10.1. The van der Waals surface area contributed by atoms with E-state index in [2.05, 4.69) is 9.97 Å². The number of carboxylic acids is 1. The number of hydrogen-bond donors (Lipinski definition) is 2. The van der Waals surface area contributed by atoms with E-state index < -0.39 is 11.5 Å². The summed E-state index contributed by atoms with van der Waals surface area (Å²) in [5.74, 6) is -1.23. The van der Waals surface area contributed by atoms with Gasteiger partial charge in [-0.2, -0.15) is 0 Å². The van der Waals surface area contributed by atoms with Crippen LogP contribution in [0.3, 0.4) is 0 Å². The van der Waals surface area contributed by atoms with E-state index >= 15 is 0 Å². The molecule has 0 saturated carbocycles. The summed E-state index contributed by atoms with van der Waals surface area (Å²) in [5, 5.41) is 8.70. The Hall–Kier alpha value is -2.14. The fraction of sp³-hybridized carbons (Fsp3) is 0. The molecule has 0 spiro atoms. The highest BCUT2D eigenvalue weighted by Crippen LogP contribution is 2.13. The van der Waals surface area contributed by atoms with Gasteiger partial charge in [0.2, 0.25) is 0 Å². The zero-order valence-electron chi connectivity index (χ0n) is 8.58. The van der Waals surface area contributed by atoms with Crippen molar-refractivity contribution >= 4 is 18.4 Å². The fourth-order valence-corrected chi connectivity index (χ4v) is 1.34. The number of nitrogens with zero attached hydrogens (tertiary/aromatic N) is 1. The van der Waals surface area contributed by atoms with Crippen LogP contribution in [0.25, 0.3) is 11.3 Å². The molecule has 0 aliphatic rings. The van der Waals surface area contributed by atoms with E-state index in [1.54, 1.807) is 30.6 Å². The molecule has 2 heterocycles. The van der Waals surface area contributed by atoms with Crippen molar-refractivity contribution in [3.8, 4) is 11.3 Å². The summed E-state index contributed by atoms with van der Waals surface area (Å²) in [6.07, 6.45) is 3.19. The molecule has 0 radical (unpaired) electrons. The molecule has 0 aromatic carbocycles. The topological polar surface area (TPSA) is 83.0 Å². The molecule has 2 aromatic rings. The number of carbonyl (C=O) groups is 1. The lowest BCUT2D eigenvalue weighted by molar-refractivity contribution is 0.0695. The van der Waals surface area contributed by atoms with Crippen molar-refractivity contribution in [2.24, 2.45) is 0 Å². The maximum Gasteiger partial charge on any atom is 0.341 e. The summed E-state index contributed by atoms with van der Waals surface area (Å²) in [6.45, 7) is 0. The molecule has 2 aromatic heterocycles. The van der Waals surface area contributed by atoms with Crippen molar-refractivity contribution in [2.45, 2.75) is 0 Å². The van der Waals surface area contributed by atoms with Crippen molar-refractivity contribution in [3.63, 3.8) is 0 Å². The average molecular weight is 253 g/mol. The molecule has 6 heteroatoms. The van der Waals surface area contributed by atoms with Crippen LogP contribution in [0.2, 0.25) is 0 Å². The van der Waals surface area contributed by atoms with Crippen molar-refractivity contribution in [1.29, 1.82) is 0 Å². The van der Waals surface area contributed by atoms with E-state index in [0.717, 1.165) is 5.56 Å². The number of rotatable bonds is 2. The van der Waals surface area contributed by atoms with Gasteiger partial charge in [0.1, 0.15) is 5.56 Å².